The van der Waals surface area contributed by atoms with Gasteiger partial charge >= 0.3 is 0 Å². The van der Waals surface area contributed by atoms with Crippen molar-refractivity contribution in [2.24, 2.45) is 10.8 Å². The summed E-state index contributed by atoms with van der Waals surface area (Å²) in [4.78, 5) is 23.6. The molecule has 0 heterocycles. The molecule has 0 spiro atoms. The van der Waals surface area contributed by atoms with E-state index in [1.54, 1.807) is 11.9 Å². The van der Waals surface area contributed by atoms with E-state index < -0.39 is 0 Å². The number of aldehydes is 1. The second kappa shape index (κ2) is 8.95. The Bertz CT molecular complexity index is 363. The van der Waals surface area contributed by atoms with Crippen LogP contribution in [0.4, 0.5) is 0 Å². The molecule has 0 fully saturated rings. The van der Waals surface area contributed by atoms with Crippen molar-refractivity contribution in [3.8, 4) is 0 Å². The first-order chi connectivity index (χ1) is 9.63. The molecule has 1 N–H and O–H groups in total. The van der Waals surface area contributed by atoms with Crippen molar-refractivity contribution < 1.29 is 14.3 Å². The monoisotopic (exact) mass is 298 g/mol. The van der Waals surface area contributed by atoms with Gasteiger partial charge in [0.2, 0.25) is 5.91 Å². The molecule has 21 heavy (non-hydrogen) atoms. The zero-order valence-corrected chi connectivity index (χ0v) is 14.2. The van der Waals surface area contributed by atoms with Gasteiger partial charge in [0, 0.05) is 37.0 Å². The maximum atomic E-state index is 11.7. The summed E-state index contributed by atoms with van der Waals surface area (Å²) in [6.45, 7) is 11.1. The molecule has 0 aromatic rings. The number of rotatable bonds is 10. The lowest BCUT2D eigenvalue weighted by atomic mass is 9.92. The summed E-state index contributed by atoms with van der Waals surface area (Å²) in [5.74, 6) is -0.175. The number of nitrogens with zero attached hydrogens (tertiary/aromatic N) is 1. The van der Waals surface area contributed by atoms with Crippen molar-refractivity contribution in [1.29, 1.82) is 0 Å². The molecule has 5 heteroatoms. The summed E-state index contributed by atoms with van der Waals surface area (Å²) < 4.78 is 5.83. The van der Waals surface area contributed by atoms with Gasteiger partial charge < -0.3 is 15.0 Å². The average Bonchev–Trinajstić information content (AvgIpc) is 2.34. The van der Waals surface area contributed by atoms with Crippen molar-refractivity contribution in [3.63, 3.8) is 0 Å². The third-order valence-electron chi connectivity index (χ3n) is 3.00. The summed E-state index contributed by atoms with van der Waals surface area (Å²) in [6, 6.07) is 0. The zero-order chi connectivity index (χ0) is 16.5. The van der Waals surface area contributed by atoms with E-state index in [0.29, 0.717) is 26.0 Å². The third-order valence-corrected chi connectivity index (χ3v) is 3.00. The third kappa shape index (κ3) is 9.37. The Morgan fingerprint density at radius 3 is 2.29 bits per heavy atom. The molecule has 0 aliphatic heterocycles. The molecule has 0 aromatic heterocycles. The SMILES string of the molecule is CNCC(C)(C)COCC(C)(C)CN(C)C(=O)/C=C\C=O. The van der Waals surface area contributed by atoms with Gasteiger partial charge in [-0.25, -0.2) is 0 Å². The van der Waals surface area contributed by atoms with Crippen molar-refractivity contribution in [2.45, 2.75) is 27.7 Å². The summed E-state index contributed by atoms with van der Waals surface area (Å²) in [5.41, 5.74) is -0.0611. The molecule has 0 saturated carbocycles. The molecule has 0 rings (SSSR count). The van der Waals surface area contributed by atoms with Gasteiger partial charge in [-0.2, -0.15) is 0 Å². The Morgan fingerprint density at radius 2 is 1.76 bits per heavy atom. The number of likely N-dealkylation sites (N-methyl/N-ethyl adjacent to an activating group) is 1. The molecule has 5 nitrogen and oxygen atoms in total. The highest BCUT2D eigenvalue weighted by molar-refractivity contribution is 5.90. The van der Waals surface area contributed by atoms with Gasteiger partial charge in [-0.1, -0.05) is 27.7 Å². The van der Waals surface area contributed by atoms with E-state index in [-0.39, 0.29) is 16.7 Å². The fourth-order valence-corrected chi connectivity index (χ4v) is 2.15. The van der Waals surface area contributed by atoms with Crippen LogP contribution in [-0.4, -0.2) is 57.5 Å². The van der Waals surface area contributed by atoms with Gasteiger partial charge in [0.25, 0.3) is 0 Å². The Balaban J connectivity index is 4.27. The molecule has 0 aromatic carbocycles. The van der Waals surface area contributed by atoms with E-state index >= 15 is 0 Å². The number of carbonyl (C=O) groups excluding carboxylic acids is 2. The van der Waals surface area contributed by atoms with Crippen molar-refractivity contribution in [2.75, 3.05) is 40.4 Å². The number of amides is 1. The molecule has 0 atom stereocenters. The molecule has 0 aliphatic rings. The fourth-order valence-electron chi connectivity index (χ4n) is 2.15. The molecular formula is C16H30N2O3. The molecule has 0 aliphatic carbocycles. The second-order valence-electron chi connectivity index (χ2n) is 7.04. The van der Waals surface area contributed by atoms with Crippen LogP contribution in [0.5, 0.6) is 0 Å². The lowest BCUT2D eigenvalue weighted by Gasteiger charge is -2.31. The number of hydrogen-bond donors (Lipinski definition) is 1. The van der Waals surface area contributed by atoms with Gasteiger partial charge in [0.05, 0.1) is 13.2 Å². The number of carbonyl (C=O) groups is 2. The molecular weight excluding hydrogens is 268 g/mol. The van der Waals surface area contributed by atoms with Gasteiger partial charge in [0.15, 0.2) is 0 Å². The molecule has 0 unspecified atom stereocenters. The summed E-state index contributed by atoms with van der Waals surface area (Å²) in [7, 11) is 3.66. The molecule has 0 saturated heterocycles. The van der Waals surface area contributed by atoms with Gasteiger partial charge in [-0.15, -0.1) is 0 Å². The summed E-state index contributed by atoms with van der Waals surface area (Å²) in [6.07, 6.45) is 3.09. The largest absolute Gasteiger partial charge is 0.380 e. The first-order valence-electron chi connectivity index (χ1n) is 7.23. The number of nitrogens with one attached hydrogen (secondary N) is 1. The zero-order valence-electron chi connectivity index (χ0n) is 14.2. The van der Waals surface area contributed by atoms with Crippen LogP contribution < -0.4 is 5.32 Å². The second-order valence-corrected chi connectivity index (χ2v) is 7.04. The van der Waals surface area contributed by atoms with Crippen LogP contribution in [0.1, 0.15) is 27.7 Å². The van der Waals surface area contributed by atoms with Crippen LogP contribution in [-0.2, 0) is 14.3 Å². The Labute approximate surface area is 128 Å². The minimum Gasteiger partial charge on any atom is -0.380 e. The number of allylic oxidation sites excluding steroid dienone is 1. The van der Waals surface area contributed by atoms with E-state index in [9.17, 15) is 9.59 Å². The minimum atomic E-state index is -0.175. The molecule has 0 bridgehead atoms. The first kappa shape index (κ1) is 19.8. The maximum Gasteiger partial charge on any atom is 0.246 e. The van der Waals surface area contributed by atoms with E-state index in [1.807, 2.05) is 7.05 Å². The van der Waals surface area contributed by atoms with Crippen LogP contribution >= 0.6 is 0 Å². The highest BCUT2D eigenvalue weighted by Crippen LogP contribution is 2.20. The lowest BCUT2D eigenvalue weighted by Crippen LogP contribution is -2.39. The van der Waals surface area contributed by atoms with Gasteiger partial charge in [0.1, 0.15) is 6.29 Å². The lowest BCUT2D eigenvalue weighted by molar-refractivity contribution is -0.126. The fraction of sp³-hybridized carbons (Fsp3) is 0.750. The van der Waals surface area contributed by atoms with Crippen molar-refractivity contribution in [3.05, 3.63) is 12.2 Å². The predicted octanol–water partition coefficient (Wildman–Crippen LogP) is 1.49. The van der Waals surface area contributed by atoms with Crippen molar-refractivity contribution >= 4 is 12.2 Å². The van der Waals surface area contributed by atoms with Crippen molar-refractivity contribution in [1.82, 2.24) is 10.2 Å². The van der Waals surface area contributed by atoms with Crippen LogP contribution in [0.25, 0.3) is 0 Å². The highest BCUT2D eigenvalue weighted by atomic mass is 16.5. The summed E-state index contributed by atoms with van der Waals surface area (Å²) >= 11 is 0. The molecule has 122 valence electrons. The first-order valence-corrected chi connectivity index (χ1v) is 7.23. The van der Waals surface area contributed by atoms with Crippen LogP contribution in [0, 0.1) is 10.8 Å². The smallest absolute Gasteiger partial charge is 0.246 e. The number of hydrogen-bond acceptors (Lipinski definition) is 4. The van der Waals surface area contributed by atoms with Crippen LogP contribution in [0.3, 0.4) is 0 Å². The highest BCUT2D eigenvalue weighted by Gasteiger charge is 2.24. The van der Waals surface area contributed by atoms with E-state index in [4.69, 9.17) is 4.74 Å². The topological polar surface area (TPSA) is 58.6 Å². The normalized spacial score (nSPS) is 12.7. The Hall–Kier alpha value is -1.20. The predicted molar refractivity (Wildman–Crippen MR) is 85.1 cm³/mol. The van der Waals surface area contributed by atoms with Gasteiger partial charge in [-0.3, -0.25) is 9.59 Å². The Kier molecular flexibility index (Phi) is 8.44. The summed E-state index contributed by atoms with van der Waals surface area (Å²) in [5, 5.41) is 3.15. The van der Waals surface area contributed by atoms with Crippen LogP contribution in [0.2, 0.25) is 0 Å². The van der Waals surface area contributed by atoms with E-state index in [1.165, 1.54) is 12.2 Å². The quantitative estimate of drug-likeness (QED) is 0.490. The van der Waals surface area contributed by atoms with E-state index in [2.05, 4.69) is 33.0 Å². The standard InChI is InChI=1S/C16H30N2O3/c1-15(2,10-17-5)12-21-13-16(3,4)11-18(6)14(20)8-7-9-19/h7-9,17H,10-13H2,1-6H3/b8-7-. The minimum absolute atomic E-state index is 0.0826. The number of ether oxygens (including phenoxy) is 1. The average molecular weight is 298 g/mol. The Morgan fingerprint density at radius 1 is 1.19 bits per heavy atom. The molecule has 1 amide bonds. The molecule has 0 radical (unpaired) electrons. The maximum absolute atomic E-state index is 11.7. The van der Waals surface area contributed by atoms with Crippen LogP contribution in [0.15, 0.2) is 12.2 Å². The van der Waals surface area contributed by atoms with E-state index in [0.717, 1.165) is 6.54 Å². The van der Waals surface area contributed by atoms with Gasteiger partial charge in [-0.05, 0) is 13.1 Å².